The zero-order valence-corrected chi connectivity index (χ0v) is 14.7. The van der Waals surface area contributed by atoms with Crippen LogP contribution in [0.2, 0.25) is 0 Å². The van der Waals surface area contributed by atoms with E-state index in [-0.39, 0.29) is 11.3 Å². The lowest BCUT2D eigenvalue weighted by atomic mass is 10.2. The van der Waals surface area contributed by atoms with Crippen LogP contribution in [0.1, 0.15) is 21.3 Å². The molecule has 3 aromatic rings. The van der Waals surface area contributed by atoms with Gasteiger partial charge in [-0.2, -0.15) is 0 Å². The molecule has 1 atom stereocenters. The number of hydrogen-bond donors (Lipinski definition) is 1. The fourth-order valence-corrected chi connectivity index (χ4v) is 3.42. The van der Waals surface area contributed by atoms with E-state index in [0.717, 1.165) is 16.2 Å². The Kier molecular flexibility index (Phi) is 5.75. The molecule has 3 aromatic carbocycles. The Balaban J connectivity index is 1.81. The first-order chi connectivity index (χ1) is 12.3. The zero-order valence-electron chi connectivity index (χ0n) is 13.9. The van der Waals surface area contributed by atoms with Gasteiger partial charge in [0, 0.05) is 10.5 Å². The van der Waals surface area contributed by atoms with Gasteiger partial charge >= 0.3 is 0 Å². The van der Waals surface area contributed by atoms with Gasteiger partial charge in [-0.1, -0.05) is 60.3 Å². The number of ether oxygens (including phenoxy) is 1. The van der Waals surface area contributed by atoms with Crippen molar-refractivity contribution in [1.29, 1.82) is 0 Å². The molecule has 3 rings (SSSR count). The standard InChI is InChI=1S/C21H19NO2S/c1-24-18-12-14-19(15-13-18)25-21(17-10-6-3-7-11-17)22-20(23)16-8-4-2-5-9-16/h2-15,21H,1H3,(H,22,23)/t21-/m0/s1. The molecule has 0 aliphatic heterocycles. The first kappa shape index (κ1) is 17.1. The van der Waals surface area contributed by atoms with Crippen molar-refractivity contribution in [2.24, 2.45) is 0 Å². The fraction of sp³-hybridized carbons (Fsp3) is 0.0952. The Morgan fingerprint density at radius 2 is 1.48 bits per heavy atom. The molecule has 0 saturated heterocycles. The number of rotatable bonds is 6. The third-order valence-corrected chi connectivity index (χ3v) is 4.88. The molecular formula is C21H19NO2S. The van der Waals surface area contributed by atoms with Crippen LogP contribution in [0.15, 0.2) is 89.8 Å². The molecular weight excluding hydrogens is 330 g/mol. The van der Waals surface area contributed by atoms with Crippen LogP contribution in [0.3, 0.4) is 0 Å². The number of carbonyl (C=O) groups is 1. The number of carbonyl (C=O) groups excluding carboxylic acids is 1. The molecule has 25 heavy (non-hydrogen) atoms. The summed E-state index contributed by atoms with van der Waals surface area (Å²) in [6, 6.07) is 27.1. The second-order valence-corrected chi connectivity index (χ2v) is 6.60. The maximum Gasteiger partial charge on any atom is 0.252 e. The highest BCUT2D eigenvalue weighted by atomic mass is 32.2. The Morgan fingerprint density at radius 1 is 0.880 bits per heavy atom. The van der Waals surface area contributed by atoms with Crippen molar-refractivity contribution in [3.05, 3.63) is 96.1 Å². The second-order valence-electron chi connectivity index (χ2n) is 5.42. The lowest BCUT2D eigenvalue weighted by molar-refractivity contribution is 0.0949. The summed E-state index contributed by atoms with van der Waals surface area (Å²) in [7, 11) is 1.65. The minimum absolute atomic E-state index is 0.0875. The molecule has 4 heteroatoms. The maximum atomic E-state index is 12.6. The summed E-state index contributed by atoms with van der Waals surface area (Å²) in [5.74, 6) is 0.726. The normalized spacial score (nSPS) is 11.6. The van der Waals surface area contributed by atoms with Gasteiger partial charge in [0.15, 0.2) is 0 Å². The van der Waals surface area contributed by atoms with E-state index in [1.165, 1.54) is 0 Å². The Bertz CT molecular complexity index is 804. The van der Waals surface area contributed by atoms with Crippen LogP contribution in [-0.4, -0.2) is 13.0 Å². The zero-order chi connectivity index (χ0) is 17.5. The lowest BCUT2D eigenvalue weighted by Gasteiger charge is -2.19. The van der Waals surface area contributed by atoms with E-state index in [2.05, 4.69) is 5.32 Å². The van der Waals surface area contributed by atoms with Crippen molar-refractivity contribution in [3.8, 4) is 5.75 Å². The molecule has 0 unspecified atom stereocenters. The van der Waals surface area contributed by atoms with E-state index in [1.54, 1.807) is 18.9 Å². The fourth-order valence-electron chi connectivity index (χ4n) is 2.39. The number of benzene rings is 3. The van der Waals surface area contributed by atoms with Crippen molar-refractivity contribution < 1.29 is 9.53 Å². The molecule has 0 radical (unpaired) electrons. The van der Waals surface area contributed by atoms with Crippen molar-refractivity contribution in [3.63, 3.8) is 0 Å². The van der Waals surface area contributed by atoms with Crippen LogP contribution in [0, 0.1) is 0 Å². The predicted molar refractivity (Wildman–Crippen MR) is 102 cm³/mol. The minimum atomic E-state index is -0.178. The van der Waals surface area contributed by atoms with Crippen molar-refractivity contribution in [2.75, 3.05) is 7.11 Å². The van der Waals surface area contributed by atoms with Crippen LogP contribution >= 0.6 is 11.8 Å². The summed E-state index contributed by atoms with van der Waals surface area (Å²) < 4.78 is 5.20. The van der Waals surface area contributed by atoms with Crippen LogP contribution in [0.25, 0.3) is 0 Å². The summed E-state index contributed by atoms with van der Waals surface area (Å²) in [4.78, 5) is 13.6. The lowest BCUT2D eigenvalue weighted by Crippen LogP contribution is -2.26. The highest BCUT2D eigenvalue weighted by Crippen LogP contribution is 2.34. The Hall–Kier alpha value is -2.72. The number of amides is 1. The topological polar surface area (TPSA) is 38.3 Å². The number of hydrogen-bond acceptors (Lipinski definition) is 3. The molecule has 0 saturated carbocycles. The van der Waals surface area contributed by atoms with E-state index < -0.39 is 0 Å². The monoisotopic (exact) mass is 349 g/mol. The molecule has 1 N–H and O–H groups in total. The molecule has 126 valence electrons. The van der Waals surface area contributed by atoms with E-state index >= 15 is 0 Å². The second kappa shape index (κ2) is 8.40. The molecule has 3 nitrogen and oxygen atoms in total. The van der Waals surface area contributed by atoms with Crippen molar-refractivity contribution in [2.45, 2.75) is 10.3 Å². The summed E-state index contributed by atoms with van der Waals surface area (Å²) in [6.07, 6.45) is 0. The SMILES string of the molecule is COc1ccc(S[C@H](NC(=O)c2ccccc2)c2ccccc2)cc1. The molecule has 0 heterocycles. The van der Waals surface area contributed by atoms with Gasteiger partial charge in [-0.25, -0.2) is 0 Å². The minimum Gasteiger partial charge on any atom is -0.497 e. The summed E-state index contributed by atoms with van der Waals surface area (Å²) in [6.45, 7) is 0. The van der Waals surface area contributed by atoms with E-state index in [4.69, 9.17) is 4.74 Å². The molecule has 0 bridgehead atoms. The van der Waals surface area contributed by atoms with Crippen molar-refractivity contribution in [1.82, 2.24) is 5.32 Å². The first-order valence-electron chi connectivity index (χ1n) is 7.98. The predicted octanol–water partition coefficient (Wildman–Crippen LogP) is 4.92. The third kappa shape index (κ3) is 4.64. The van der Waals surface area contributed by atoms with Gasteiger partial charge in [-0.15, -0.1) is 0 Å². The van der Waals surface area contributed by atoms with E-state index in [9.17, 15) is 4.79 Å². The smallest absolute Gasteiger partial charge is 0.252 e. The van der Waals surface area contributed by atoms with E-state index in [1.807, 2.05) is 84.9 Å². The van der Waals surface area contributed by atoms with Gasteiger partial charge in [0.25, 0.3) is 5.91 Å². The molecule has 0 aliphatic carbocycles. The van der Waals surface area contributed by atoms with E-state index in [0.29, 0.717) is 5.56 Å². The maximum absolute atomic E-state index is 12.6. The first-order valence-corrected chi connectivity index (χ1v) is 8.86. The number of methoxy groups -OCH3 is 1. The Morgan fingerprint density at radius 3 is 2.08 bits per heavy atom. The highest BCUT2D eigenvalue weighted by molar-refractivity contribution is 7.99. The average molecular weight is 349 g/mol. The van der Waals surface area contributed by atoms with Gasteiger partial charge in [-0.05, 0) is 42.0 Å². The van der Waals surface area contributed by atoms with Gasteiger partial charge < -0.3 is 10.1 Å². The number of thioether (sulfide) groups is 1. The average Bonchev–Trinajstić information content (AvgIpc) is 2.69. The largest absolute Gasteiger partial charge is 0.497 e. The van der Waals surface area contributed by atoms with Crippen LogP contribution in [0.5, 0.6) is 5.75 Å². The van der Waals surface area contributed by atoms with Gasteiger partial charge in [0.05, 0.1) is 7.11 Å². The van der Waals surface area contributed by atoms with Gasteiger partial charge in [0.1, 0.15) is 11.1 Å². The summed E-state index contributed by atoms with van der Waals surface area (Å²) in [5.41, 5.74) is 1.70. The summed E-state index contributed by atoms with van der Waals surface area (Å²) in [5, 5.41) is 2.94. The molecule has 0 aromatic heterocycles. The van der Waals surface area contributed by atoms with Crippen LogP contribution in [-0.2, 0) is 0 Å². The Labute approximate surface area is 152 Å². The quantitative estimate of drug-likeness (QED) is 0.507. The summed E-state index contributed by atoms with van der Waals surface area (Å²) >= 11 is 1.60. The molecule has 0 aliphatic rings. The molecule has 0 fully saturated rings. The molecule has 0 spiro atoms. The number of nitrogens with one attached hydrogen (secondary N) is 1. The third-order valence-electron chi connectivity index (χ3n) is 3.71. The van der Waals surface area contributed by atoms with Crippen LogP contribution < -0.4 is 10.1 Å². The van der Waals surface area contributed by atoms with Crippen LogP contribution in [0.4, 0.5) is 0 Å². The van der Waals surface area contributed by atoms with Crippen molar-refractivity contribution >= 4 is 17.7 Å². The molecule has 1 amide bonds. The van der Waals surface area contributed by atoms with Gasteiger partial charge in [-0.3, -0.25) is 4.79 Å². The highest BCUT2D eigenvalue weighted by Gasteiger charge is 2.17. The van der Waals surface area contributed by atoms with Gasteiger partial charge in [0.2, 0.25) is 0 Å².